The van der Waals surface area contributed by atoms with Crippen LogP contribution in [-0.2, 0) is 18.4 Å². The number of allylic oxidation sites excluding steroid dienone is 20. The highest BCUT2D eigenvalue weighted by Crippen LogP contribution is 2.38. The van der Waals surface area contributed by atoms with Crippen molar-refractivity contribution < 1.29 is 32.9 Å². The van der Waals surface area contributed by atoms with Gasteiger partial charge in [-0.25, -0.2) is 0 Å². The van der Waals surface area contributed by atoms with Gasteiger partial charge in [0.1, 0.15) is 13.2 Å². The molecule has 0 saturated carbocycles. The van der Waals surface area contributed by atoms with Crippen LogP contribution in [0.4, 0.5) is 0 Å². The lowest BCUT2D eigenvalue weighted by molar-refractivity contribution is -0.870. The summed E-state index contributed by atoms with van der Waals surface area (Å²) in [5.74, 6) is -0.176. The number of phosphoric ester groups is 1. The minimum atomic E-state index is -4.58. The van der Waals surface area contributed by atoms with Crippen LogP contribution in [0, 0.1) is 0 Å². The van der Waals surface area contributed by atoms with E-state index in [0.717, 1.165) is 109 Å². The quantitative estimate of drug-likeness (QED) is 0.0272. The summed E-state index contributed by atoms with van der Waals surface area (Å²) in [5, 5.41) is 14.0. The lowest BCUT2D eigenvalue weighted by atomic mass is 10.0. The van der Waals surface area contributed by atoms with Gasteiger partial charge >= 0.3 is 0 Å². The monoisotopic (exact) mass is 1100 g/mol. The fourth-order valence-corrected chi connectivity index (χ4v) is 9.50. The molecule has 448 valence electrons. The van der Waals surface area contributed by atoms with Crippen LogP contribution < -0.4 is 10.2 Å². The molecule has 0 fully saturated rings. The van der Waals surface area contributed by atoms with E-state index in [-0.39, 0.29) is 19.1 Å². The van der Waals surface area contributed by atoms with Crippen LogP contribution in [0.25, 0.3) is 0 Å². The van der Waals surface area contributed by atoms with Crippen molar-refractivity contribution in [1.82, 2.24) is 5.32 Å². The molecule has 0 aliphatic heterocycles. The molecule has 0 radical (unpaired) electrons. The van der Waals surface area contributed by atoms with Crippen molar-refractivity contribution >= 4 is 13.7 Å². The highest BCUT2D eigenvalue weighted by Gasteiger charge is 2.24. The Hall–Kier alpha value is -3.10. The van der Waals surface area contributed by atoms with E-state index in [9.17, 15) is 19.4 Å². The normalized spacial score (nSPS) is 14.6. The molecule has 8 nitrogen and oxygen atoms in total. The van der Waals surface area contributed by atoms with E-state index in [1.165, 1.54) is 122 Å². The van der Waals surface area contributed by atoms with E-state index < -0.39 is 20.0 Å². The molecule has 0 aliphatic carbocycles. The first-order valence-electron chi connectivity index (χ1n) is 31.9. The van der Waals surface area contributed by atoms with Crippen molar-refractivity contribution in [1.29, 1.82) is 0 Å². The molecule has 2 N–H and O–H groups in total. The Balaban J connectivity index is 4.12. The summed E-state index contributed by atoms with van der Waals surface area (Å²) in [6.07, 6.45) is 86.7. The number of hydrogen-bond donors (Lipinski definition) is 2. The van der Waals surface area contributed by atoms with Gasteiger partial charge in [0.2, 0.25) is 5.91 Å². The van der Waals surface area contributed by atoms with E-state index in [2.05, 4.69) is 141 Å². The molecule has 78 heavy (non-hydrogen) atoms. The number of aliphatic hydroxyl groups excluding tert-OH is 1. The Morgan fingerprint density at radius 3 is 1.14 bits per heavy atom. The highest BCUT2D eigenvalue weighted by molar-refractivity contribution is 7.45. The first-order valence-corrected chi connectivity index (χ1v) is 33.3. The van der Waals surface area contributed by atoms with Gasteiger partial charge in [0.05, 0.1) is 39.9 Å². The molecule has 0 rings (SSSR count). The Labute approximate surface area is 482 Å². The van der Waals surface area contributed by atoms with Crippen LogP contribution in [0.1, 0.15) is 258 Å². The number of likely N-dealkylation sites (N-methyl/N-ethyl adjacent to an activating group) is 1. The first kappa shape index (κ1) is 74.9. The summed E-state index contributed by atoms with van der Waals surface area (Å²) < 4.78 is 23.4. The van der Waals surface area contributed by atoms with E-state index in [1.807, 2.05) is 21.1 Å². The second kappa shape index (κ2) is 58.6. The van der Waals surface area contributed by atoms with E-state index in [4.69, 9.17) is 9.05 Å². The van der Waals surface area contributed by atoms with Crippen LogP contribution in [-0.4, -0.2) is 68.5 Å². The average Bonchev–Trinajstić information content (AvgIpc) is 3.40. The van der Waals surface area contributed by atoms with Crippen LogP contribution in [0.5, 0.6) is 0 Å². The van der Waals surface area contributed by atoms with Crippen LogP contribution in [0.15, 0.2) is 122 Å². The van der Waals surface area contributed by atoms with Gasteiger partial charge in [-0.1, -0.05) is 283 Å². The van der Waals surface area contributed by atoms with Crippen molar-refractivity contribution in [2.24, 2.45) is 0 Å². The summed E-state index contributed by atoms with van der Waals surface area (Å²) >= 11 is 0. The summed E-state index contributed by atoms with van der Waals surface area (Å²) in [5.41, 5.74) is 0. The zero-order chi connectivity index (χ0) is 57.0. The third-order valence-corrected chi connectivity index (χ3v) is 14.7. The number of quaternary nitrogens is 1. The maximum Gasteiger partial charge on any atom is 0.268 e. The van der Waals surface area contributed by atoms with Crippen molar-refractivity contribution in [2.75, 3.05) is 40.9 Å². The summed E-state index contributed by atoms with van der Waals surface area (Å²) in [7, 11) is 1.29. The first-order chi connectivity index (χ1) is 38.0. The number of hydrogen-bond acceptors (Lipinski definition) is 6. The molecule has 0 aromatic carbocycles. The van der Waals surface area contributed by atoms with Gasteiger partial charge in [-0.3, -0.25) is 9.36 Å². The maximum atomic E-state index is 13.0. The molecule has 0 aliphatic rings. The zero-order valence-corrected chi connectivity index (χ0v) is 52.0. The Morgan fingerprint density at radius 1 is 0.462 bits per heavy atom. The molecule has 9 heteroatoms. The van der Waals surface area contributed by atoms with Crippen LogP contribution in [0.2, 0.25) is 0 Å². The summed E-state index contributed by atoms with van der Waals surface area (Å²) in [4.78, 5) is 25.6. The molecule has 0 saturated heterocycles. The molecule has 0 bridgehead atoms. The fourth-order valence-electron chi connectivity index (χ4n) is 8.77. The molecular weight excluding hydrogens is 984 g/mol. The number of nitrogens with zero attached hydrogens (tertiary/aromatic N) is 1. The molecule has 1 amide bonds. The van der Waals surface area contributed by atoms with Crippen molar-refractivity contribution in [3.63, 3.8) is 0 Å². The van der Waals surface area contributed by atoms with Gasteiger partial charge in [0.25, 0.3) is 7.82 Å². The van der Waals surface area contributed by atoms with Crippen molar-refractivity contribution in [3.05, 3.63) is 122 Å². The number of aliphatic hydroxyl groups is 1. The Bertz CT molecular complexity index is 1680. The molecule has 3 unspecified atom stereocenters. The summed E-state index contributed by atoms with van der Waals surface area (Å²) in [6, 6.07) is -0.814. The molecule has 0 spiro atoms. The van der Waals surface area contributed by atoms with E-state index in [0.29, 0.717) is 23.9 Å². The maximum absolute atomic E-state index is 13.0. The Morgan fingerprint density at radius 2 is 0.782 bits per heavy atom. The molecule has 3 atom stereocenters. The minimum absolute atomic E-state index is 0.00522. The van der Waals surface area contributed by atoms with Gasteiger partial charge in [-0.2, -0.15) is 0 Å². The predicted molar refractivity (Wildman–Crippen MR) is 339 cm³/mol. The SMILES string of the molecule is CC/C=C\C/C=C\C/C=C\C/C=C\C/C=C\C/C=C\C/C=C\C/C=C\C/C=C\C/C=C\CCCCCCCCCCC(=O)NC(COP(=O)([O-])OCC[N+](C)(C)C)C(O)CCCCCCCCCCCCCCCCCCC. The number of carbonyl (C=O) groups excluding carboxylic acids is 1. The highest BCUT2D eigenvalue weighted by atomic mass is 31.2. The topological polar surface area (TPSA) is 108 Å². The van der Waals surface area contributed by atoms with Crippen molar-refractivity contribution in [3.8, 4) is 0 Å². The standard InChI is InChI=1S/C69H121N2O6P/c1-6-8-10-12-14-16-18-20-22-24-25-26-27-28-29-30-31-32-33-34-35-36-37-38-39-40-41-42-43-44-45-47-49-51-53-55-57-59-61-63-69(73)70-67(66-77-78(74,75)76-65-64-71(3,4)5)68(72)62-60-58-56-54-52-50-48-46-23-21-19-17-15-13-11-9-7-2/h8,10,14,16,20,22,25-26,28-29,31-32,34-35,37-38,40-41,43-44,67-68,72H,6-7,9,11-13,15,17-19,21,23-24,27,30,33,36,39,42,45-66H2,1-5H3,(H-,70,73,74,75)/b10-8-,16-14-,22-20-,26-25-,29-28-,32-31-,35-34-,38-37-,41-40-,44-43-. The number of nitrogens with one attached hydrogen (secondary N) is 1. The number of carbonyl (C=O) groups is 1. The van der Waals surface area contributed by atoms with Crippen LogP contribution >= 0.6 is 7.82 Å². The number of rotatable bonds is 57. The van der Waals surface area contributed by atoms with Crippen LogP contribution in [0.3, 0.4) is 0 Å². The number of unbranched alkanes of at least 4 members (excludes halogenated alkanes) is 24. The zero-order valence-electron chi connectivity index (χ0n) is 51.1. The second-order valence-electron chi connectivity index (χ2n) is 22.4. The average molecular weight is 1110 g/mol. The lowest BCUT2D eigenvalue weighted by Gasteiger charge is -2.30. The van der Waals surface area contributed by atoms with E-state index >= 15 is 0 Å². The number of phosphoric acid groups is 1. The molecule has 0 aromatic heterocycles. The summed E-state index contributed by atoms with van der Waals surface area (Å²) in [6.45, 7) is 4.60. The van der Waals surface area contributed by atoms with E-state index in [1.54, 1.807) is 0 Å². The third-order valence-electron chi connectivity index (χ3n) is 13.7. The fraction of sp³-hybridized carbons (Fsp3) is 0.696. The molecule has 0 heterocycles. The molecule has 0 aromatic rings. The lowest BCUT2D eigenvalue weighted by Crippen LogP contribution is -2.46. The van der Waals surface area contributed by atoms with Gasteiger partial charge in [0.15, 0.2) is 0 Å². The predicted octanol–water partition coefficient (Wildman–Crippen LogP) is 19.5. The third kappa shape index (κ3) is 60.5. The second-order valence-corrected chi connectivity index (χ2v) is 23.8. The van der Waals surface area contributed by atoms with Gasteiger partial charge in [-0.15, -0.1) is 0 Å². The molecular formula is C69H121N2O6P. The van der Waals surface area contributed by atoms with Gasteiger partial charge in [0, 0.05) is 6.42 Å². The van der Waals surface area contributed by atoms with Crippen molar-refractivity contribution in [2.45, 2.75) is 270 Å². The van der Waals surface area contributed by atoms with Gasteiger partial charge < -0.3 is 28.8 Å². The smallest absolute Gasteiger partial charge is 0.268 e. The Kier molecular flexibility index (Phi) is 56.2. The van der Waals surface area contributed by atoms with Gasteiger partial charge in [-0.05, 0) is 89.9 Å². The number of amides is 1. The minimum Gasteiger partial charge on any atom is -0.756 e. The largest absolute Gasteiger partial charge is 0.756 e.